The number of hydrogen-bond acceptors (Lipinski definition) is 5. The number of nitrogens with zero attached hydrogens (tertiary/aromatic N) is 3. The molecule has 0 amide bonds. The highest BCUT2D eigenvalue weighted by molar-refractivity contribution is 5.66. The Morgan fingerprint density at radius 3 is 2.67 bits per heavy atom. The fraction of sp³-hybridized carbons (Fsp3) is 0.600. The van der Waals surface area contributed by atoms with Crippen molar-refractivity contribution in [3.05, 3.63) is 16.8 Å². The standard InChI is InChI=1S/C15H22N4O2/c1-4-12(5-6-14(20)21)7-8-17-15-13(9-16)10(2)11(3)18-19-15/h12H,4-8H2,1-3H3,(H,17,19)(H,20,21). The second-order valence-corrected chi connectivity index (χ2v) is 5.17. The summed E-state index contributed by atoms with van der Waals surface area (Å²) in [7, 11) is 0. The van der Waals surface area contributed by atoms with Gasteiger partial charge in [0.1, 0.15) is 11.6 Å². The lowest BCUT2D eigenvalue weighted by Crippen LogP contribution is -2.13. The number of hydrogen-bond donors (Lipinski definition) is 2. The predicted octanol–water partition coefficient (Wildman–Crippen LogP) is 2.66. The molecule has 0 spiro atoms. The Balaban J connectivity index is 2.58. The Bertz CT molecular complexity index is 537. The van der Waals surface area contributed by atoms with E-state index in [2.05, 4.69) is 28.5 Å². The van der Waals surface area contributed by atoms with Crippen molar-refractivity contribution in [1.82, 2.24) is 10.2 Å². The van der Waals surface area contributed by atoms with Gasteiger partial charge in [-0.2, -0.15) is 10.4 Å². The molecule has 1 atom stereocenters. The summed E-state index contributed by atoms with van der Waals surface area (Å²) in [5, 5.41) is 29.1. The van der Waals surface area contributed by atoms with Gasteiger partial charge in [0, 0.05) is 13.0 Å². The highest BCUT2D eigenvalue weighted by atomic mass is 16.4. The predicted molar refractivity (Wildman–Crippen MR) is 80.0 cm³/mol. The third-order valence-electron chi connectivity index (χ3n) is 3.76. The third-order valence-corrected chi connectivity index (χ3v) is 3.76. The highest BCUT2D eigenvalue weighted by Crippen LogP contribution is 2.19. The van der Waals surface area contributed by atoms with Gasteiger partial charge in [0.25, 0.3) is 0 Å². The molecule has 2 N–H and O–H groups in total. The van der Waals surface area contributed by atoms with Gasteiger partial charge in [0.2, 0.25) is 0 Å². The molecule has 0 aromatic carbocycles. The molecule has 1 rings (SSSR count). The zero-order valence-electron chi connectivity index (χ0n) is 12.8. The molecule has 0 radical (unpaired) electrons. The smallest absolute Gasteiger partial charge is 0.303 e. The summed E-state index contributed by atoms with van der Waals surface area (Å²) in [5.74, 6) is 0.112. The maximum absolute atomic E-state index is 10.6. The van der Waals surface area contributed by atoms with Crippen LogP contribution in [0.3, 0.4) is 0 Å². The first-order valence-corrected chi connectivity index (χ1v) is 7.19. The van der Waals surface area contributed by atoms with E-state index >= 15 is 0 Å². The summed E-state index contributed by atoms with van der Waals surface area (Å²) in [6, 6.07) is 2.15. The minimum Gasteiger partial charge on any atom is -0.481 e. The first kappa shape index (κ1) is 16.9. The molecule has 114 valence electrons. The van der Waals surface area contributed by atoms with Crippen molar-refractivity contribution in [3.63, 3.8) is 0 Å². The monoisotopic (exact) mass is 290 g/mol. The number of carboxylic acids is 1. The average molecular weight is 290 g/mol. The number of anilines is 1. The SMILES string of the molecule is CCC(CCNc1nnc(C)c(C)c1C#N)CCC(=O)O. The van der Waals surface area contributed by atoms with Crippen LogP contribution in [0.2, 0.25) is 0 Å². The maximum Gasteiger partial charge on any atom is 0.303 e. The van der Waals surface area contributed by atoms with Gasteiger partial charge in [0.05, 0.1) is 5.69 Å². The van der Waals surface area contributed by atoms with E-state index in [9.17, 15) is 10.1 Å². The molecule has 1 unspecified atom stereocenters. The van der Waals surface area contributed by atoms with Crippen molar-refractivity contribution in [2.75, 3.05) is 11.9 Å². The molecule has 0 bridgehead atoms. The molecular formula is C15H22N4O2. The number of aryl methyl sites for hydroxylation is 1. The van der Waals surface area contributed by atoms with Gasteiger partial charge in [-0.05, 0) is 38.2 Å². The Kier molecular flexibility index (Phi) is 6.60. The van der Waals surface area contributed by atoms with Gasteiger partial charge in [-0.15, -0.1) is 5.10 Å². The number of carboxylic acid groups (broad SMARTS) is 1. The van der Waals surface area contributed by atoms with Crippen LogP contribution in [-0.4, -0.2) is 27.8 Å². The summed E-state index contributed by atoms with van der Waals surface area (Å²) >= 11 is 0. The lowest BCUT2D eigenvalue weighted by molar-refractivity contribution is -0.137. The third kappa shape index (κ3) is 5.03. The highest BCUT2D eigenvalue weighted by Gasteiger charge is 2.12. The largest absolute Gasteiger partial charge is 0.481 e. The van der Waals surface area contributed by atoms with E-state index in [4.69, 9.17) is 5.11 Å². The van der Waals surface area contributed by atoms with Gasteiger partial charge < -0.3 is 10.4 Å². The Labute approximate surface area is 125 Å². The van der Waals surface area contributed by atoms with Crippen LogP contribution in [0.15, 0.2) is 0 Å². The molecule has 0 aliphatic carbocycles. The molecule has 1 aromatic heterocycles. The van der Waals surface area contributed by atoms with Crippen molar-refractivity contribution in [3.8, 4) is 6.07 Å². The summed E-state index contributed by atoms with van der Waals surface area (Å²) in [4.78, 5) is 10.6. The van der Waals surface area contributed by atoms with Gasteiger partial charge >= 0.3 is 5.97 Å². The number of carbonyl (C=O) groups is 1. The number of nitriles is 1. The molecule has 6 nitrogen and oxygen atoms in total. The fourth-order valence-electron chi connectivity index (χ4n) is 2.14. The number of aromatic nitrogens is 2. The van der Waals surface area contributed by atoms with Gasteiger partial charge in [-0.3, -0.25) is 4.79 Å². The van der Waals surface area contributed by atoms with Gasteiger partial charge in [-0.25, -0.2) is 0 Å². The van der Waals surface area contributed by atoms with Crippen molar-refractivity contribution >= 4 is 11.8 Å². The Hall–Kier alpha value is -2.16. The Morgan fingerprint density at radius 1 is 1.38 bits per heavy atom. The molecule has 0 fully saturated rings. The molecule has 1 heterocycles. The van der Waals surface area contributed by atoms with Gasteiger partial charge in [0.15, 0.2) is 5.82 Å². The van der Waals surface area contributed by atoms with Crippen molar-refractivity contribution in [2.45, 2.75) is 46.5 Å². The quantitative estimate of drug-likeness (QED) is 0.763. The first-order chi connectivity index (χ1) is 9.99. The van der Waals surface area contributed by atoms with Crippen LogP contribution in [-0.2, 0) is 4.79 Å². The van der Waals surface area contributed by atoms with Crippen LogP contribution >= 0.6 is 0 Å². The van der Waals surface area contributed by atoms with E-state index in [1.807, 2.05) is 13.8 Å². The van der Waals surface area contributed by atoms with Crippen LogP contribution < -0.4 is 5.32 Å². The molecule has 0 aliphatic heterocycles. The van der Waals surface area contributed by atoms with Crippen molar-refractivity contribution in [1.29, 1.82) is 5.26 Å². The van der Waals surface area contributed by atoms with Crippen LogP contribution in [0, 0.1) is 31.1 Å². The minimum atomic E-state index is -0.756. The van der Waals surface area contributed by atoms with E-state index in [0.29, 0.717) is 30.3 Å². The normalized spacial score (nSPS) is 11.7. The van der Waals surface area contributed by atoms with Crippen LogP contribution in [0.4, 0.5) is 5.82 Å². The topological polar surface area (TPSA) is 98.9 Å². The molecular weight excluding hydrogens is 268 g/mol. The molecule has 1 aromatic rings. The van der Waals surface area contributed by atoms with E-state index in [-0.39, 0.29) is 6.42 Å². The lowest BCUT2D eigenvalue weighted by atomic mass is 9.96. The first-order valence-electron chi connectivity index (χ1n) is 7.19. The van der Waals surface area contributed by atoms with E-state index in [1.165, 1.54) is 0 Å². The van der Waals surface area contributed by atoms with Crippen LogP contribution in [0.25, 0.3) is 0 Å². The van der Waals surface area contributed by atoms with Crippen LogP contribution in [0.5, 0.6) is 0 Å². The molecule has 21 heavy (non-hydrogen) atoms. The average Bonchev–Trinajstić information content (AvgIpc) is 2.46. The molecule has 0 aliphatic rings. The zero-order valence-corrected chi connectivity index (χ0v) is 12.8. The summed E-state index contributed by atoms with van der Waals surface area (Å²) < 4.78 is 0. The number of nitrogens with one attached hydrogen (secondary N) is 1. The molecule has 0 saturated carbocycles. The Morgan fingerprint density at radius 2 is 2.10 bits per heavy atom. The summed E-state index contributed by atoms with van der Waals surface area (Å²) in [5.41, 5.74) is 2.12. The molecule has 0 saturated heterocycles. The second kappa shape index (κ2) is 8.20. The summed E-state index contributed by atoms with van der Waals surface area (Å²) in [6.45, 7) is 6.40. The van der Waals surface area contributed by atoms with Crippen LogP contribution in [0.1, 0.15) is 49.4 Å². The minimum absolute atomic E-state index is 0.200. The molecule has 6 heteroatoms. The fourth-order valence-corrected chi connectivity index (χ4v) is 2.14. The van der Waals surface area contributed by atoms with E-state index in [0.717, 1.165) is 24.1 Å². The van der Waals surface area contributed by atoms with Gasteiger partial charge in [-0.1, -0.05) is 13.3 Å². The number of aliphatic carboxylic acids is 1. The van der Waals surface area contributed by atoms with E-state index in [1.54, 1.807) is 0 Å². The van der Waals surface area contributed by atoms with Crippen molar-refractivity contribution < 1.29 is 9.90 Å². The van der Waals surface area contributed by atoms with E-state index < -0.39 is 5.97 Å². The summed E-state index contributed by atoms with van der Waals surface area (Å²) in [6.07, 6.45) is 2.67. The number of rotatable bonds is 8. The maximum atomic E-state index is 10.6. The van der Waals surface area contributed by atoms with Crippen molar-refractivity contribution in [2.24, 2.45) is 5.92 Å². The zero-order chi connectivity index (χ0) is 15.8. The lowest BCUT2D eigenvalue weighted by Gasteiger charge is -2.15. The second-order valence-electron chi connectivity index (χ2n) is 5.17.